The fourth-order valence-corrected chi connectivity index (χ4v) is 12.8. The summed E-state index contributed by atoms with van der Waals surface area (Å²) in [5.74, 6) is -1.41. The summed E-state index contributed by atoms with van der Waals surface area (Å²) in [7, 11) is -9.89. The Kier molecular flexibility index (Phi) is 64.9. The van der Waals surface area contributed by atoms with Gasteiger partial charge in [0.05, 0.1) is 26.4 Å². The van der Waals surface area contributed by atoms with Crippen LogP contribution in [0.2, 0.25) is 0 Å². The van der Waals surface area contributed by atoms with Crippen molar-refractivity contribution >= 4 is 39.5 Å². The molecule has 0 aromatic carbocycles. The van der Waals surface area contributed by atoms with Crippen LogP contribution >= 0.6 is 15.6 Å². The van der Waals surface area contributed by atoms with E-state index in [1.807, 2.05) is 0 Å². The molecule has 0 aromatic rings. The molecule has 2 unspecified atom stereocenters. The predicted octanol–water partition coefficient (Wildman–Crippen LogP) is 21.3. The molecule has 0 saturated carbocycles. The maximum atomic E-state index is 13.1. The van der Waals surface area contributed by atoms with E-state index < -0.39 is 97.5 Å². The zero-order chi connectivity index (χ0) is 67.7. The van der Waals surface area contributed by atoms with Gasteiger partial charge in [0, 0.05) is 25.7 Å². The van der Waals surface area contributed by atoms with Crippen LogP contribution in [0, 0.1) is 5.92 Å². The second-order valence-electron chi connectivity index (χ2n) is 26.8. The summed E-state index contributed by atoms with van der Waals surface area (Å²) in [6.45, 7) is 7.14. The lowest BCUT2D eigenvalue weighted by Gasteiger charge is -2.21. The third kappa shape index (κ3) is 66.7. The minimum atomic E-state index is -4.95. The van der Waals surface area contributed by atoms with Gasteiger partial charge >= 0.3 is 39.5 Å². The minimum Gasteiger partial charge on any atom is -0.462 e. The zero-order valence-electron chi connectivity index (χ0n) is 59.7. The quantitative estimate of drug-likeness (QED) is 0.0222. The number of hydrogen-bond donors (Lipinski definition) is 3. The summed E-state index contributed by atoms with van der Waals surface area (Å²) < 4.78 is 68.2. The largest absolute Gasteiger partial charge is 0.472 e. The molecule has 3 N–H and O–H groups in total. The van der Waals surface area contributed by atoms with E-state index in [1.54, 1.807) is 0 Å². The van der Waals surface area contributed by atoms with Crippen LogP contribution in [0.4, 0.5) is 0 Å². The first-order valence-electron chi connectivity index (χ1n) is 38.1. The highest BCUT2D eigenvalue weighted by Gasteiger charge is 2.30. The van der Waals surface area contributed by atoms with E-state index in [1.165, 1.54) is 199 Å². The number of phosphoric ester groups is 2. The normalized spacial score (nSPS) is 14.0. The summed E-state index contributed by atoms with van der Waals surface area (Å²) in [6.07, 6.45) is 54.7. The van der Waals surface area contributed by atoms with Crippen molar-refractivity contribution in [3.05, 3.63) is 0 Å². The Hall–Kier alpha value is -1.94. The topological polar surface area (TPSA) is 237 Å². The number of carbonyl (C=O) groups is 4. The maximum Gasteiger partial charge on any atom is 0.472 e. The van der Waals surface area contributed by atoms with Crippen molar-refractivity contribution in [3.8, 4) is 0 Å². The Morgan fingerprint density at radius 1 is 0.293 bits per heavy atom. The molecule has 0 bridgehead atoms. The number of esters is 4. The van der Waals surface area contributed by atoms with Gasteiger partial charge in [-0.25, -0.2) is 9.13 Å². The van der Waals surface area contributed by atoms with E-state index in [-0.39, 0.29) is 25.7 Å². The molecule has 0 aliphatic heterocycles. The molecule has 0 aliphatic carbocycles. The van der Waals surface area contributed by atoms with Crippen molar-refractivity contribution in [2.75, 3.05) is 39.6 Å². The smallest absolute Gasteiger partial charge is 0.462 e. The van der Waals surface area contributed by atoms with Gasteiger partial charge in [-0.05, 0) is 31.6 Å². The van der Waals surface area contributed by atoms with Gasteiger partial charge in [0.15, 0.2) is 12.2 Å². The highest BCUT2D eigenvalue weighted by molar-refractivity contribution is 7.47. The standard InChI is InChI=1S/C73H142O17P2/c1-6-9-12-15-17-19-21-23-25-27-29-31-33-35-37-42-47-52-57-71(76)84-63-69(90-72(77)58-53-48-43-38-36-34-32-30-28-26-24-22-20-18-16-13-10-7-2)65-88-92(81,82)86-61-67(74)60-85-91(79,80)87-64-68(62-83-70(75)56-51-45-14-11-8-3)89-73(78)59-54-49-44-40-39-41-46-50-55-66(4)5/h66-69,74H,6-65H2,1-5H3,(H,79,80)(H,81,82)/t67-,68+,69+/m0/s1. The number of unbranched alkanes of at least 4 members (excludes halogenated alkanes) is 45. The van der Waals surface area contributed by atoms with Crippen molar-refractivity contribution in [3.63, 3.8) is 0 Å². The average molecular weight is 1350 g/mol. The molecule has 0 fully saturated rings. The van der Waals surface area contributed by atoms with Crippen molar-refractivity contribution < 1.29 is 80.2 Å². The zero-order valence-corrected chi connectivity index (χ0v) is 61.5. The van der Waals surface area contributed by atoms with Gasteiger partial charge < -0.3 is 33.8 Å². The molecule has 0 saturated heterocycles. The number of rotatable bonds is 73. The molecule has 92 heavy (non-hydrogen) atoms. The predicted molar refractivity (Wildman–Crippen MR) is 372 cm³/mol. The van der Waals surface area contributed by atoms with Gasteiger partial charge in [-0.2, -0.15) is 0 Å². The molecular formula is C73H142O17P2. The monoisotopic (exact) mass is 1350 g/mol. The lowest BCUT2D eigenvalue weighted by atomic mass is 10.0. The fraction of sp³-hybridized carbons (Fsp3) is 0.945. The van der Waals surface area contributed by atoms with Gasteiger partial charge in [-0.1, -0.05) is 330 Å². The molecule has 546 valence electrons. The molecule has 0 radical (unpaired) electrons. The van der Waals surface area contributed by atoms with Crippen molar-refractivity contribution in [1.29, 1.82) is 0 Å². The molecular weight excluding hydrogens is 1210 g/mol. The van der Waals surface area contributed by atoms with Crippen LogP contribution < -0.4 is 0 Å². The first kappa shape index (κ1) is 90.1. The molecule has 5 atom stereocenters. The Labute approximate surface area is 562 Å². The fourth-order valence-electron chi connectivity index (χ4n) is 11.2. The van der Waals surface area contributed by atoms with E-state index >= 15 is 0 Å². The second-order valence-corrected chi connectivity index (χ2v) is 29.7. The van der Waals surface area contributed by atoms with Gasteiger partial charge in [0.1, 0.15) is 19.3 Å². The van der Waals surface area contributed by atoms with E-state index in [0.29, 0.717) is 25.7 Å². The number of carbonyl (C=O) groups excluding carboxylic acids is 4. The number of ether oxygens (including phenoxy) is 4. The summed E-state index contributed by atoms with van der Waals surface area (Å²) in [5.41, 5.74) is 0. The SMILES string of the molecule is CCCCCCCCCCCCCCCCCCCCC(=O)OC[C@H](COP(=O)(O)OC[C@@H](O)COP(=O)(O)OC[C@@H](COC(=O)CCCCCCC)OC(=O)CCCCCCCCCCC(C)C)OC(=O)CCCCCCCCCCCCCCCCCCCC. The highest BCUT2D eigenvalue weighted by Crippen LogP contribution is 2.45. The van der Waals surface area contributed by atoms with Crippen molar-refractivity contribution in [2.45, 2.75) is 400 Å². The van der Waals surface area contributed by atoms with Crippen LogP contribution in [-0.2, 0) is 65.4 Å². The highest BCUT2D eigenvalue weighted by atomic mass is 31.2. The van der Waals surface area contributed by atoms with Gasteiger partial charge in [0.2, 0.25) is 0 Å². The van der Waals surface area contributed by atoms with E-state index in [9.17, 15) is 43.2 Å². The van der Waals surface area contributed by atoms with Gasteiger partial charge in [0.25, 0.3) is 0 Å². The van der Waals surface area contributed by atoms with Crippen LogP contribution in [0.1, 0.15) is 381 Å². The van der Waals surface area contributed by atoms with E-state index in [2.05, 4.69) is 34.6 Å². The Morgan fingerprint density at radius 2 is 0.500 bits per heavy atom. The third-order valence-electron chi connectivity index (χ3n) is 17.0. The van der Waals surface area contributed by atoms with E-state index in [4.69, 9.17) is 37.0 Å². The summed E-state index contributed by atoms with van der Waals surface area (Å²) in [4.78, 5) is 72.4. The molecule has 19 heteroatoms. The summed E-state index contributed by atoms with van der Waals surface area (Å²) in [5, 5.41) is 10.6. The molecule has 0 aromatic heterocycles. The third-order valence-corrected chi connectivity index (χ3v) is 18.9. The first-order chi connectivity index (χ1) is 44.5. The van der Waals surface area contributed by atoms with Crippen molar-refractivity contribution in [1.82, 2.24) is 0 Å². The first-order valence-corrected chi connectivity index (χ1v) is 41.1. The molecule has 17 nitrogen and oxygen atoms in total. The lowest BCUT2D eigenvalue weighted by molar-refractivity contribution is -0.161. The number of aliphatic hydroxyl groups is 1. The van der Waals surface area contributed by atoms with Crippen molar-refractivity contribution in [2.24, 2.45) is 5.92 Å². The van der Waals surface area contributed by atoms with Crippen LogP contribution in [0.5, 0.6) is 0 Å². The Morgan fingerprint density at radius 3 is 0.739 bits per heavy atom. The second kappa shape index (κ2) is 66.3. The van der Waals surface area contributed by atoms with Gasteiger partial charge in [-0.15, -0.1) is 0 Å². The lowest BCUT2D eigenvalue weighted by Crippen LogP contribution is -2.30. The number of hydrogen-bond acceptors (Lipinski definition) is 15. The molecule has 0 spiro atoms. The van der Waals surface area contributed by atoms with Crippen LogP contribution in [0.25, 0.3) is 0 Å². The van der Waals surface area contributed by atoms with Crippen LogP contribution in [0.15, 0.2) is 0 Å². The molecule has 0 heterocycles. The number of phosphoric acid groups is 2. The van der Waals surface area contributed by atoms with Crippen LogP contribution in [-0.4, -0.2) is 96.7 Å². The molecule has 0 aliphatic rings. The summed E-state index contributed by atoms with van der Waals surface area (Å²) in [6, 6.07) is 0. The summed E-state index contributed by atoms with van der Waals surface area (Å²) >= 11 is 0. The van der Waals surface area contributed by atoms with E-state index in [0.717, 1.165) is 102 Å². The maximum absolute atomic E-state index is 13.1. The number of aliphatic hydroxyl groups excluding tert-OH is 1. The molecule has 0 amide bonds. The average Bonchev–Trinajstić information content (AvgIpc) is 3.28. The van der Waals surface area contributed by atoms with Gasteiger partial charge in [-0.3, -0.25) is 37.3 Å². The Balaban J connectivity index is 5.13. The Bertz CT molecular complexity index is 1770. The minimum absolute atomic E-state index is 0.104. The van der Waals surface area contributed by atoms with Crippen LogP contribution in [0.3, 0.4) is 0 Å². The molecule has 0 rings (SSSR count).